The lowest BCUT2D eigenvalue weighted by molar-refractivity contribution is -0.590. The molecule has 0 radical (unpaired) electrons. The molecule has 3 unspecified atom stereocenters. The van der Waals surface area contributed by atoms with Gasteiger partial charge in [-0.05, 0) is 0 Å². The molecular weight excluding hydrogens is 645 g/mol. The lowest BCUT2D eigenvalue weighted by Gasteiger charge is -2.43. The summed E-state index contributed by atoms with van der Waals surface area (Å²) in [5.41, 5.74) is 0. The van der Waals surface area contributed by atoms with Gasteiger partial charge in [0.15, 0.2) is 0 Å². The summed E-state index contributed by atoms with van der Waals surface area (Å²) in [5, 5.41) is 0. The van der Waals surface area contributed by atoms with Gasteiger partial charge in [-0.15, -0.1) is 13.2 Å². The fraction of sp³-hybridized carbons (Fsp3) is 1.00. The van der Waals surface area contributed by atoms with E-state index in [1.165, 1.54) is 4.74 Å². The third kappa shape index (κ3) is 7.31. The predicted octanol–water partition coefficient (Wildman–Crippen LogP) is 7.65. The molecule has 4 nitrogen and oxygen atoms in total. The Morgan fingerprint density at radius 2 is 0.513 bits per heavy atom. The van der Waals surface area contributed by atoms with Crippen LogP contribution in [0.25, 0.3) is 0 Å². The molecule has 0 aliphatic carbocycles. The fourth-order valence-corrected chi connectivity index (χ4v) is 1.79. The van der Waals surface area contributed by atoms with Crippen LogP contribution in [0.2, 0.25) is 0 Å². The van der Waals surface area contributed by atoms with Crippen LogP contribution in [-0.4, -0.2) is 66.9 Å². The molecule has 0 spiro atoms. The molecule has 0 aromatic rings. The highest BCUT2D eigenvalue weighted by Gasteiger charge is 2.88. The van der Waals surface area contributed by atoms with Crippen molar-refractivity contribution in [2.24, 2.45) is 0 Å². The van der Waals surface area contributed by atoms with Crippen LogP contribution in [0.4, 0.5) is 101 Å². The number of halogens is 23. The second-order valence-electron chi connectivity index (χ2n) is 6.49. The molecule has 0 amide bonds. The number of ether oxygens (including phenoxy) is 4. The van der Waals surface area contributed by atoms with E-state index in [9.17, 15) is 101 Å². The highest BCUT2D eigenvalue weighted by atomic mass is 19.4. The summed E-state index contributed by atoms with van der Waals surface area (Å²) in [6.45, 7) is -1.10. The SMILES string of the molecule is CC(F)(F)OC(F)(C(F)(F)F)C(F)(F)OC(F)(C(F)(F)F)C(F)(F)OC(F)(C(F)(F)F)C(F)(F)OC(F)(F)F. The lowest BCUT2D eigenvalue weighted by atomic mass is 10.2. The van der Waals surface area contributed by atoms with Crippen molar-refractivity contribution in [3.05, 3.63) is 0 Å². The topological polar surface area (TPSA) is 36.9 Å². The first-order valence-electron chi connectivity index (χ1n) is 7.98. The highest BCUT2D eigenvalue weighted by Crippen LogP contribution is 2.59. The molecule has 27 heteroatoms. The average Bonchev–Trinajstić information content (AvgIpc) is 2.53. The Kier molecular flexibility index (Phi) is 9.22. The zero-order valence-corrected chi connectivity index (χ0v) is 16.8. The molecule has 0 aromatic carbocycles. The van der Waals surface area contributed by atoms with Gasteiger partial charge >= 0.3 is 66.9 Å². The Morgan fingerprint density at radius 3 is 0.692 bits per heavy atom. The summed E-state index contributed by atoms with van der Waals surface area (Å²) in [7, 11) is 0. The Bertz CT molecular complexity index is 850. The number of alkyl halides is 23. The van der Waals surface area contributed by atoms with Crippen LogP contribution in [0.15, 0.2) is 0 Å². The molecule has 3 atom stereocenters. The summed E-state index contributed by atoms with van der Waals surface area (Å²) in [5.74, 6) is -24.9. The first kappa shape index (κ1) is 37.2. The van der Waals surface area contributed by atoms with Gasteiger partial charge in [0.05, 0.1) is 0 Å². The first-order valence-corrected chi connectivity index (χ1v) is 7.98. The van der Waals surface area contributed by atoms with Gasteiger partial charge < -0.3 is 0 Å². The van der Waals surface area contributed by atoms with Crippen molar-refractivity contribution in [1.82, 2.24) is 0 Å². The van der Waals surface area contributed by atoms with Crippen molar-refractivity contribution in [1.29, 1.82) is 0 Å². The maximum atomic E-state index is 14.0. The Hall–Kier alpha value is -1.77. The van der Waals surface area contributed by atoms with E-state index in [-0.39, 0.29) is 0 Å². The van der Waals surface area contributed by atoms with Gasteiger partial charge in [-0.25, -0.2) is 4.74 Å². The summed E-state index contributed by atoms with van der Waals surface area (Å²) >= 11 is 0. The largest absolute Gasteiger partial charge is 0.527 e. The first-order chi connectivity index (χ1) is 16.3. The highest BCUT2D eigenvalue weighted by molar-refractivity contribution is 4.97. The molecule has 0 N–H and O–H groups in total. The number of rotatable bonds is 10. The Balaban J connectivity index is 7.20. The molecule has 0 rings (SSSR count). The smallest absolute Gasteiger partial charge is 0.268 e. The quantitative estimate of drug-likeness (QED) is 0.228. The molecule has 236 valence electrons. The summed E-state index contributed by atoms with van der Waals surface area (Å²) < 4.78 is 302. The van der Waals surface area contributed by atoms with E-state index in [1.807, 2.05) is 0 Å². The monoisotopic (exact) mass is 648 g/mol. The molecule has 0 saturated carbocycles. The van der Waals surface area contributed by atoms with E-state index in [0.717, 1.165) is 9.47 Å². The zero-order valence-electron chi connectivity index (χ0n) is 16.8. The molecule has 0 aliphatic rings. The van der Waals surface area contributed by atoms with Crippen molar-refractivity contribution in [2.45, 2.75) is 73.8 Å². The van der Waals surface area contributed by atoms with Gasteiger partial charge in [-0.3, -0.25) is 14.2 Å². The molecule has 0 aromatic heterocycles. The van der Waals surface area contributed by atoms with Gasteiger partial charge in [0.2, 0.25) is 0 Å². The molecule has 0 fully saturated rings. The normalized spacial score (nSPS) is 20.3. The second kappa shape index (κ2) is 9.66. The zero-order chi connectivity index (χ0) is 32.3. The van der Waals surface area contributed by atoms with E-state index in [4.69, 9.17) is 0 Å². The minimum atomic E-state index is -8.65. The molecular formula is C12H3F23O4. The van der Waals surface area contributed by atoms with Gasteiger partial charge in [0, 0.05) is 6.92 Å². The Labute approximate surface area is 195 Å². The summed E-state index contributed by atoms with van der Waals surface area (Å²) in [6, 6.07) is 0. The van der Waals surface area contributed by atoms with Crippen LogP contribution in [0.1, 0.15) is 6.92 Å². The average molecular weight is 648 g/mol. The number of hydrogen-bond donors (Lipinski definition) is 0. The van der Waals surface area contributed by atoms with Crippen LogP contribution in [0.5, 0.6) is 0 Å². The van der Waals surface area contributed by atoms with E-state index < -0.39 is 73.8 Å². The minimum Gasteiger partial charge on any atom is -0.268 e. The van der Waals surface area contributed by atoms with E-state index in [1.54, 1.807) is 4.74 Å². The van der Waals surface area contributed by atoms with Gasteiger partial charge in [-0.2, -0.15) is 87.8 Å². The minimum absolute atomic E-state index is 1.09. The summed E-state index contributed by atoms with van der Waals surface area (Å²) in [4.78, 5) is 0. The second-order valence-corrected chi connectivity index (χ2v) is 6.49. The molecule has 0 heterocycles. The maximum Gasteiger partial charge on any atom is 0.527 e. The third-order valence-corrected chi connectivity index (χ3v) is 3.32. The summed E-state index contributed by atoms with van der Waals surface area (Å²) in [6.07, 6.45) is -62.6. The van der Waals surface area contributed by atoms with E-state index in [2.05, 4.69) is 0 Å². The standard InChI is InChI=1S/C12H3F23O4/c1-2(13,14)36-3(15,6(18,19)20)9(27,28)37-4(16,7(21,22)23)10(29,30)38-5(17,8(24,25)26)11(31,32)39-12(33,34)35/h1H3. The van der Waals surface area contributed by atoms with Crippen LogP contribution < -0.4 is 0 Å². The van der Waals surface area contributed by atoms with Gasteiger partial charge in [-0.1, -0.05) is 0 Å². The predicted molar refractivity (Wildman–Crippen MR) is 65.5 cm³/mol. The third-order valence-electron chi connectivity index (χ3n) is 3.32. The van der Waals surface area contributed by atoms with E-state index >= 15 is 0 Å². The van der Waals surface area contributed by atoms with Crippen molar-refractivity contribution in [3.63, 3.8) is 0 Å². The van der Waals surface area contributed by atoms with Crippen molar-refractivity contribution in [2.75, 3.05) is 0 Å². The molecule has 0 saturated heterocycles. The van der Waals surface area contributed by atoms with Crippen molar-refractivity contribution >= 4 is 0 Å². The van der Waals surface area contributed by atoms with Gasteiger partial charge in [0.25, 0.3) is 0 Å². The van der Waals surface area contributed by atoms with Crippen LogP contribution in [-0.2, 0) is 18.9 Å². The lowest BCUT2D eigenvalue weighted by Crippen LogP contribution is -2.71. The van der Waals surface area contributed by atoms with E-state index in [0.29, 0.717) is 0 Å². The van der Waals surface area contributed by atoms with Crippen molar-refractivity contribution < 1.29 is 120 Å². The molecule has 0 aliphatic heterocycles. The Morgan fingerprint density at radius 1 is 0.308 bits per heavy atom. The van der Waals surface area contributed by atoms with Crippen molar-refractivity contribution in [3.8, 4) is 0 Å². The fourth-order valence-electron chi connectivity index (χ4n) is 1.79. The van der Waals surface area contributed by atoms with Gasteiger partial charge in [0.1, 0.15) is 0 Å². The van der Waals surface area contributed by atoms with Crippen LogP contribution in [0, 0.1) is 0 Å². The molecule has 39 heavy (non-hydrogen) atoms. The molecule has 0 bridgehead atoms. The van der Waals surface area contributed by atoms with Crippen LogP contribution in [0.3, 0.4) is 0 Å². The van der Waals surface area contributed by atoms with Crippen LogP contribution >= 0.6 is 0 Å². The maximum absolute atomic E-state index is 14.0. The number of hydrogen-bond acceptors (Lipinski definition) is 4.